The Morgan fingerprint density at radius 1 is 0.955 bits per heavy atom. The summed E-state index contributed by atoms with van der Waals surface area (Å²) in [6.07, 6.45) is 4.74. The molecule has 0 unspecified atom stereocenters. The molecule has 0 bridgehead atoms. The summed E-state index contributed by atoms with van der Waals surface area (Å²) in [6, 6.07) is 21.3. The van der Waals surface area contributed by atoms with Crippen molar-refractivity contribution in [3.8, 4) is 11.8 Å². The Bertz CT molecular complexity index is 630. The van der Waals surface area contributed by atoms with Crippen molar-refractivity contribution in [3.05, 3.63) is 70.4 Å². The maximum atomic E-state index is 3.41. The molecule has 0 heterocycles. The van der Waals surface area contributed by atoms with E-state index in [1.807, 2.05) is 0 Å². The molecule has 0 aliphatic heterocycles. The second kappa shape index (κ2) is 10.3. The third-order valence-electron chi connectivity index (χ3n) is 3.27. The normalized spacial score (nSPS) is 10.9. The van der Waals surface area contributed by atoms with E-state index < -0.39 is 0 Å². The molecule has 0 saturated carbocycles. The van der Waals surface area contributed by atoms with Crippen LogP contribution in [-0.2, 0) is 0 Å². The van der Waals surface area contributed by atoms with E-state index in [0.29, 0.717) is 0 Å². The van der Waals surface area contributed by atoms with Crippen molar-refractivity contribution in [1.29, 1.82) is 0 Å². The average Bonchev–Trinajstić information content (AvgIpc) is 2.59. The third kappa shape index (κ3) is 6.11. The van der Waals surface area contributed by atoms with Crippen LogP contribution >= 0.6 is 0 Å². The van der Waals surface area contributed by atoms with E-state index >= 15 is 0 Å². The fourth-order valence-electron chi connectivity index (χ4n) is 2.03. The summed E-state index contributed by atoms with van der Waals surface area (Å²) in [4.78, 5) is 0. The van der Waals surface area contributed by atoms with Gasteiger partial charge in [0.25, 0.3) is 0 Å². The summed E-state index contributed by atoms with van der Waals surface area (Å²) >= 11 is -0.326. The Morgan fingerprint density at radius 2 is 1.64 bits per heavy atom. The first-order valence-electron chi connectivity index (χ1n) is 7.86. The van der Waals surface area contributed by atoms with Crippen molar-refractivity contribution in [2.75, 3.05) is 0 Å². The molecule has 0 amide bonds. The van der Waals surface area contributed by atoms with Crippen LogP contribution in [-0.4, -0.2) is 20.9 Å². The second-order valence-corrected chi connectivity index (χ2v) is 7.78. The predicted octanol–water partition coefficient (Wildman–Crippen LogP) is 4.64. The first-order valence-corrected chi connectivity index (χ1v) is 10.4. The summed E-state index contributed by atoms with van der Waals surface area (Å²) in [6.45, 7) is 2.23. The van der Waals surface area contributed by atoms with E-state index in [-0.39, 0.29) is 20.9 Å². The van der Waals surface area contributed by atoms with Gasteiger partial charge in [-0.1, -0.05) is 0 Å². The summed E-state index contributed by atoms with van der Waals surface area (Å²) in [7, 11) is 0. The van der Waals surface area contributed by atoms with Gasteiger partial charge >= 0.3 is 145 Å². The van der Waals surface area contributed by atoms with Gasteiger partial charge in [0, 0.05) is 0 Å². The molecule has 0 fully saturated rings. The van der Waals surface area contributed by atoms with E-state index in [2.05, 4.69) is 83.6 Å². The summed E-state index contributed by atoms with van der Waals surface area (Å²) in [5.41, 5.74) is 2.44. The van der Waals surface area contributed by atoms with Crippen LogP contribution in [0.25, 0.3) is 5.57 Å². The van der Waals surface area contributed by atoms with Gasteiger partial charge in [-0.25, -0.2) is 0 Å². The molecule has 2 aromatic rings. The fourth-order valence-corrected chi connectivity index (χ4v) is 4.21. The molecule has 0 aliphatic carbocycles. The molecule has 22 heavy (non-hydrogen) atoms. The molecule has 0 nitrogen and oxygen atoms in total. The topological polar surface area (TPSA) is 0 Å². The van der Waals surface area contributed by atoms with Gasteiger partial charge in [-0.3, -0.25) is 0 Å². The molecule has 0 aromatic heterocycles. The molecular weight excluding hydrogens is 380 g/mol. The van der Waals surface area contributed by atoms with E-state index in [1.54, 1.807) is 0 Å². The van der Waals surface area contributed by atoms with Crippen molar-refractivity contribution < 1.29 is 0 Å². The number of unbranched alkanes of at least 4 members (excludes halogenated alkanes) is 3. The molecule has 0 saturated heterocycles. The Balaban J connectivity index is 2.11. The first kappa shape index (κ1) is 16.9. The zero-order chi connectivity index (χ0) is 15.5. The van der Waals surface area contributed by atoms with Gasteiger partial charge in [-0.05, 0) is 0 Å². The molecule has 0 aliphatic rings. The quantitative estimate of drug-likeness (QED) is 0.375. The van der Waals surface area contributed by atoms with E-state index in [4.69, 9.17) is 0 Å². The van der Waals surface area contributed by atoms with Crippen LogP contribution in [0.1, 0.15) is 38.2 Å². The number of hydrogen-bond donors (Lipinski definition) is 0. The van der Waals surface area contributed by atoms with Gasteiger partial charge in [-0.15, -0.1) is 0 Å². The van der Waals surface area contributed by atoms with E-state index in [9.17, 15) is 0 Å². The van der Waals surface area contributed by atoms with Gasteiger partial charge < -0.3 is 0 Å². The molecular formula is C21H22Te. The van der Waals surface area contributed by atoms with Crippen LogP contribution in [0.15, 0.2) is 64.8 Å². The molecule has 0 spiro atoms. The average molecular weight is 402 g/mol. The van der Waals surface area contributed by atoms with E-state index in [1.165, 1.54) is 34.0 Å². The summed E-state index contributed by atoms with van der Waals surface area (Å²) in [5.74, 6) is 6.77. The van der Waals surface area contributed by atoms with E-state index in [0.717, 1.165) is 6.42 Å². The Hall–Kier alpha value is -1.47. The third-order valence-corrected chi connectivity index (χ3v) is 5.83. The molecule has 2 aromatic carbocycles. The van der Waals surface area contributed by atoms with Crippen molar-refractivity contribution in [3.63, 3.8) is 0 Å². The predicted molar refractivity (Wildman–Crippen MR) is 98.2 cm³/mol. The molecule has 2 rings (SSSR count). The molecule has 0 atom stereocenters. The molecule has 112 valence electrons. The van der Waals surface area contributed by atoms with Crippen LogP contribution in [0.3, 0.4) is 0 Å². The van der Waals surface area contributed by atoms with Crippen molar-refractivity contribution in [1.82, 2.24) is 0 Å². The van der Waals surface area contributed by atoms with Crippen LogP contribution in [0.5, 0.6) is 0 Å². The standard InChI is InChI=1S/C21H22Te/c1-2-3-4-5-8-15-20(19-13-9-6-10-14-19)18-22-21-16-11-7-12-17-21/h6-7,9-14,16-18H,2-5H2,1H3/b20-18-. The number of rotatable bonds is 6. The molecule has 0 N–H and O–H groups in total. The Kier molecular flexibility index (Phi) is 7.90. The molecule has 0 radical (unpaired) electrons. The summed E-state index contributed by atoms with van der Waals surface area (Å²) in [5, 5.41) is 0. The maximum absolute atomic E-state index is 3.41. The van der Waals surface area contributed by atoms with Crippen molar-refractivity contribution >= 4 is 30.1 Å². The SMILES string of the molecule is CCCCCC#C/C(=C/[Te]c1ccccc1)c1ccccc1. The Labute approximate surface area is 144 Å². The van der Waals surface area contributed by atoms with Gasteiger partial charge in [0.15, 0.2) is 0 Å². The number of allylic oxidation sites excluding steroid dienone is 1. The second-order valence-electron chi connectivity index (χ2n) is 5.09. The zero-order valence-electron chi connectivity index (χ0n) is 13.1. The van der Waals surface area contributed by atoms with Crippen LogP contribution in [0.4, 0.5) is 0 Å². The number of benzene rings is 2. The van der Waals surface area contributed by atoms with Gasteiger partial charge in [-0.2, -0.15) is 0 Å². The number of hydrogen-bond acceptors (Lipinski definition) is 0. The van der Waals surface area contributed by atoms with Crippen LogP contribution in [0.2, 0.25) is 0 Å². The minimum absolute atomic E-state index is 0.326. The summed E-state index contributed by atoms with van der Waals surface area (Å²) < 4.78 is 3.83. The Morgan fingerprint density at radius 3 is 2.32 bits per heavy atom. The molecule has 1 heteroatoms. The van der Waals surface area contributed by atoms with Gasteiger partial charge in [0.1, 0.15) is 0 Å². The zero-order valence-corrected chi connectivity index (χ0v) is 15.4. The van der Waals surface area contributed by atoms with Gasteiger partial charge in [0.05, 0.1) is 0 Å². The van der Waals surface area contributed by atoms with Crippen LogP contribution in [0, 0.1) is 11.8 Å². The van der Waals surface area contributed by atoms with Crippen LogP contribution < -0.4 is 3.61 Å². The first-order chi connectivity index (χ1) is 10.9. The van der Waals surface area contributed by atoms with Gasteiger partial charge in [0.2, 0.25) is 0 Å². The fraction of sp³-hybridized carbons (Fsp3) is 0.238. The minimum atomic E-state index is -0.326. The van der Waals surface area contributed by atoms with Crippen molar-refractivity contribution in [2.24, 2.45) is 0 Å². The monoisotopic (exact) mass is 404 g/mol. The van der Waals surface area contributed by atoms with Crippen molar-refractivity contribution in [2.45, 2.75) is 32.6 Å².